The number of nitrogens with one attached hydrogen (secondary N) is 1. The van der Waals surface area contributed by atoms with Crippen molar-refractivity contribution in [1.82, 2.24) is 5.32 Å². The van der Waals surface area contributed by atoms with E-state index in [2.05, 4.69) is 5.32 Å². The van der Waals surface area contributed by atoms with Gasteiger partial charge in [0.25, 0.3) is 5.91 Å². The molecule has 0 unspecified atom stereocenters. The molecule has 0 aromatic heterocycles. The van der Waals surface area contributed by atoms with Crippen molar-refractivity contribution in [3.63, 3.8) is 0 Å². The maximum absolute atomic E-state index is 12.0. The molecule has 2 aromatic carbocycles. The van der Waals surface area contributed by atoms with Gasteiger partial charge >= 0.3 is 5.97 Å². The number of amides is 1. The Morgan fingerprint density at radius 3 is 2.43 bits per heavy atom. The molecule has 0 heterocycles. The number of carbonyl (C=O) groups excluding carboxylic acids is 2. The molecular weight excluding hydrogens is 423 g/mol. The lowest BCUT2D eigenvalue weighted by Crippen LogP contribution is -2.25. The van der Waals surface area contributed by atoms with E-state index < -0.39 is 11.9 Å². The number of hydrogen-bond donors (Lipinski definition) is 1. The second kappa shape index (κ2) is 11.8. The molecule has 2 aromatic rings. The Morgan fingerprint density at radius 2 is 1.80 bits per heavy atom. The quantitative estimate of drug-likeness (QED) is 0.194. The van der Waals surface area contributed by atoms with Crippen LogP contribution in [0.25, 0.3) is 12.2 Å². The number of benzene rings is 2. The third-order valence-corrected chi connectivity index (χ3v) is 4.69. The van der Waals surface area contributed by atoms with Gasteiger partial charge in [0.2, 0.25) is 0 Å². The van der Waals surface area contributed by atoms with Crippen LogP contribution in [-0.4, -0.2) is 18.4 Å². The van der Waals surface area contributed by atoms with Crippen LogP contribution in [0.15, 0.2) is 54.1 Å². The van der Waals surface area contributed by atoms with Crippen molar-refractivity contribution in [2.45, 2.75) is 19.8 Å². The summed E-state index contributed by atoms with van der Waals surface area (Å²) in [6, 6.07) is 13.4. The van der Waals surface area contributed by atoms with E-state index in [4.69, 9.17) is 27.9 Å². The molecule has 0 aliphatic heterocycles. The highest BCUT2D eigenvalue weighted by Gasteiger charge is 2.08. The largest absolute Gasteiger partial charge is 0.423 e. The number of nitrogens with zero attached hydrogens (tertiary/aromatic N) is 1. The first-order chi connectivity index (χ1) is 14.4. The van der Waals surface area contributed by atoms with E-state index in [9.17, 15) is 14.9 Å². The first kappa shape index (κ1) is 23.2. The molecule has 0 spiro atoms. The van der Waals surface area contributed by atoms with Crippen LogP contribution in [0.4, 0.5) is 0 Å². The number of carbonyl (C=O) groups is 2. The Bertz CT molecular complexity index is 1010. The standard InChI is InChI=1S/C23H20Cl2N2O3/c1-2-3-12-27-23(29)18(15-26)13-16-4-8-19(9-5-16)30-22(28)11-7-17-6-10-20(24)21(25)14-17/h4-11,13-14H,2-3,12H2,1H3,(H,27,29)/b11-7+,18-13+. The van der Waals surface area contributed by atoms with Gasteiger partial charge in [-0.05, 0) is 54.0 Å². The molecule has 0 bridgehead atoms. The summed E-state index contributed by atoms with van der Waals surface area (Å²) >= 11 is 11.8. The molecule has 0 aliphatic carbocycles. The minimum atomic E-state index is -0.558. The highest BCUT2D eigenvalue weighted by molar-refractivity contribution is 6.42. The van der Waals surface area contributed by atoms with Crippen LogP contribution >= 0.6 is 23.2 Å². The fraction of sp³-hybridized carbons (Fsp3) is 0.174. The van der Waals surface area contributed by atoms with Crippen molar-refractivity contribution in [3.8, 4) is 11.8 Å². The predicted molar refractivity (Wildman–Crippen MR) is 119 cm³/mol. The van der Waals surface area contributed by atoms with E-state index in [1.165, 1.54) is 12.2 Å². The summed E-state index contributed by atoms with van der Waals surface area (Å²) in [5.74, 6) is -0.631. The van der Waals surface area contributed by atoms with Gasteiger partial charge in [-0.25, -0.2) is 4.79 Å². The number of nitriles is 1. The van der Waals surface area contributed by atoms with Gasteiger partial charge in [0.1, 0.15) is 17.4 Å². The highest BCUT2D eigenvalue weighted by Crippen LogP contribution is 2.23. The van der Waals surface area contributed by atoms with Crippen molar-refractivity contribution in [2.24, 2.45) is 0 Å². The molecule has 1 amide bonds. The number of unbranched alkanes of at least 4 members (excludes halogenated alkanes) is 1. The molecule has 0 fully saturated rings. The Hall–Kier alpha value is -3.07. The van der Waals surface area contributed by atoms with Crippen LogP contribution < -0.4 is 10.1 Å². The smallest absolute Gasteiger partial charge is 0.336 e. The summed E-state index contributed by atoms with van der Waals surface area (Å²) in [5.41, 5.74) is 1.37. The number of halogens is 2. The second-order valence-electron chi connectivity index (χ2n) is 6.28. The molecule has 5 nitrogen and oxygen atoms in total. The molecule has 0 saturated heterocycles. The summed E-state index contributed by atoms with van der Waals surface area (Å²) in [6.45, 7) is 2.55. The fourth-order valence-electron chi connectivity index (χ4n) is 2.35. The molecule has 0 saturated carbocycles. The Morgan fingerprint density at radius 1 is 1.10 bits per heavy atom. The average molecular weight is 443 g/mol. The van der Waals surface area contributed by atoms with Gasteiger partial charge in [0.15, 0.2) is 0 Å². The number of esters is 1. The van der Waals surface area contributed by atoms with E-state index in [-0.39, 0.29) is 5.57 Å². The van der Waals surface area contributed by atoms with E-state index in [0.717, 1.165) is 12.8 Å². The van der Waals surface area contributed by atoms with Crippen molar-refractivity contribution in [3.05, 3.63) is 75.3 Å². The first-order valence-corrected chi connectivity index (χ1v) is 10.0. The zero-order chi connectivity index (χ0) is 21.9. The SMILES string of the molecule is CCCCNC(=O)/C(C#N)=C/c1ccc(OC(=O)/C=C/c2ccc(Cl)c(Cl)c2)cc1. The van der Waals surface area contributed by atoms with Crippen LogP contribution in [0, 0.1) is 11.3 Å². The minimum absolute atomic E-state index is 0.0143. The molecule has 7 heteroatoms. The van der Waals surface area contributed by atoms with E-state index in [1.807, 2.05) is 13.0 Å². The van der Waals surface area contributed by atoms with Crippen LogP contribution in [-0.2, 0) is 9.59 Å². The van der Waals surface area contributed by atoms with Crippen LogP contribution in [0.1, 0.15) is 30.9 Å². The lowest BCUT2D eigenvalue weighted by atomic mass is 10.1. The van der Waals surface area contributed by atoms with Crippen molar-refractivity contribution in [1.29, 1.82) is 5.26 Å². The normalized spacial score (nSPS) is 11.2. The molecule has 1 N–H and O–H groups in total. The summed E-state index contributed by atoms with van der Waals surface area (Å²) in [5, 5.41) is 12.7. The lowest BCUT2D eigenvalue weighted by Gasteiger charge is -2.04. The van der Waals surface area contributed by atoms with Gasteiger partial charge in [-0.3, -0.25) is 4.79 Å². The molecule has 154 valence electrons. The maximum Gasteiger partial charge on any atom is 0.336 e. The highest BCUT2D eigenvalue weighted by atomic mass is 35.5. The van der Waals surface area contributed by atoms with Crippen LogP contribution in [0.2, 0.25) is 10.0 Å². The van der Waals surface area contributed by atoms with E-state index in [0.29, 0.717) is 33.5 Å². The molecule has 30 heavy (non-hydrogen) atoms. The molecule has 2 rings (SSSR count). The van der Waals surface area contributed by atoms with Crippen molar-refractivity contribution >= 4 is 47.2 Å². The number of hydrogen-bond acceptors (Lipinski definition) is 4. The van der Waals surface area contributed by atoms with Gasteiger partial charge in [-0.1, -0.05) is 54.7 Å². The molecular formula is C23H20Cl2N2O3. The topological polar surface area (TPSA) is 79.2 Å². The zero-order valence-corrected chi connectivity index (χ0v) is 17.8. The molecule has 0 aliphatic rings. The average Bonchev–Trinajstić information content (AvgIpc) is 2.74. The fourth-order valence-corrected chi connectivity index (χ4v) is 2.66. The third-order valence-electron chi connectivity index (χ3n) is 3.95. The van der Waals surface area contributed by atoms with Crippen molar-refractivity contribution < 1.29 is 14.3 Å². The Kier molecular flexibility index (Phi) is 9.14. The minimum Gasteiger partial charge on any atom is -0.423 e. The van der Waals surface area contributed by atoms with Crippen LogP contribution in [0.3, 0.4) is 0 Å². The van der Waals surface area contributed by atoms with E-state index >= 15 is 0 Å². The van der Waals surface area contributed by atoms with Gasteiger partial charge in [0.05, 0.1) is 10.0 Å². The zero-order valence-electron chi connectivity index (χ0n) is 16.3. The van der Waals surface area contributed by atoms with Crippen LogP contribution in [0.5, 0.6) is 5.75 Å². The second-order valence-corrected chi connectivity index (χ2v) is 7.09. The summed E-state index contributed by atoms with van der Waals surface area (Å²) < 4.78 is 5.24. The Balaban J connectivity index is 1.98. The summed E-state index contributed by atoms with van der Waals surface area (Å²) in [6.07, 6.45) is 6.13. The van der Waals surface area contributed by atoms with E-state index in [1.54, 1.807) is 48.5 Å². The third kappa shape index (κ3) is 7.40. The van der Waals surface area contributed by atoms with Gasteiger partial charge in [0, 0.05) is 12.6 Å². The van der Waals surface area contributed by atoms with Gasteiger partial charge in [-0.2, -0.15) is 5.26 Å². The number of ether oxygens (including phenoxy) is 1. The van der Waals surface area contributed by atoms with Gasteiger partial charge < -0.3 is 10.1 Å². The van der Waals surface area contributed by atoms with Gasteiger partial charge in [-0.15, -0.1) is 0 Å². The molecule has 0 atom stereocenters. The number of rotatable bonds is 8. The summed E-state index contributed by atoms with van der Waals surface area (Å²) in [7, 11) is 0. The summed E-state index contributed by atoms with van der Waals surface area (Å²) in [4.78, 5) is 24.0. The molecule has 0 radical (unpaired) electrons. The first-order valence-electron chi connectivity index (χ1n) is 9.28. The Labute approximate surface area is 185 Å². The monoisotopic (exact) mass is 442 g/mol. The predicted octanol–water partition coefficient (Wildman–Crippen LogP) is 5.44. The maximum atomic E-state index is 12.0. The lowest BCUT2D eigenvalue weighted by molar-refractivity contribution is -0.128. The van der Waals surface area contributed by atoms with Crippen molar-refractivity contribution in [2.75, 3.05) is 6.54 Å².